The molecule has 0 fully saturated rings. The van der Waals surface area contributed by atoms with Gasteiger partial charge in [-0.2, -0.15) is 0 Å². The molecule has 0 unspecified atom stereocenters. The summed E-state index contributed by atoms with van der Waals surface area (Å²) in [7, 11) is -3.45. The molecule has 0 aromatic heterocycles. The molecule has 0 amide bonds. The monoisotopic (exact) mass is 227 g/mol. The molecule has 4 nitrogen and oxygen atoms in total. The molecule has 0 radical (unpaired) electrons. The van der Waals surface area contributed by atoms with Crippen molar-refractivity contribution >= 4 is 10.0 Å². The maximum atomic E-state index is 11.8. The summed E-state index contributed by atoms with van der Waals surface area (Å²) in [6.45, 7) is 1.84. The molecule has 5 heteroatoms. The number of nitrogens with one attached hydrogen (secondary N) is 1. The molecule has 0 saturated carbocycles. The average Bonchev–Trinajstić information content (AvgIpc) is 2.24. The average molecular weight is 227 g/mol. The van der Waals surface area contributed by atoms with E-state index in [4.69, 9.17) is 0 Å². The van der Waals surface area contributed by atoms with Gasteiger partial charge in [0, 0.05) is 5.56 Å². The molecule has 15 heavy (non-hydrogen) atoms. The van der Waals surface area contributed by atoms with Gasteiger partial charge in [-0.1, -0.05) is 25.1 Å². The Kier molecular flexibility index (Phi) is 2.54. The predicted molar refractivity (Wildman–Crippen MR) is 55.8 cm³/mol. The lowest BCUT2D eigenvalue weighted by Crippen LogP contribution is -2.43. The second-order valence-electron chi connectivity index (χ2n) is 3.62. The molecule has 0 spiro atoms. The molecule has 1 heterocycles. The Labute approximate surface area is 89.0 Å². The summed E-state index contributed by atoms with van der Waals surface area (Å²) in [4.78, 5) is 0.183. The van der Waals surface area contributed by atoms with Crippen LogP contribution >= 0.6 is 0 Å². The zero-order valence-corrected chi connectivity index (χ0v) is 9.16. The fourth-order valence-electron chi connectivity index (χ4n) is 1.82. The van der Waals surface area contributed by atoms with Crippen LogP contribution in [0.15, 0.2) is 29.2 Å². The Balaban J connectivity index is 2.60. The SMILES string of the molecule is CC[C@H]1NS(=O)(=O)c2ccccc2[C@@H]1O. The smallest absolute Gasteiger partial charge is 0.241 e. The molecular formula is C10H13NO3S. The molecule has 1 aromatic carbocycles. The van der Waals surface area contributed by atoms with Gasteiger partial charge in [0.1, 0.15) is 0 Å². The maximum Gasteiger partial charge on any atom is 0.241 e. The van der Waals surface area contributed by atoms with Crippen molar-refractivity contribution in [2.24, 2.45) is 0 Å². The van der Waals surface area contributed by atoms with Gasteiger partial charge in [0.2, 0.25) is 10.0 Å². The summed E-state index contributed by atoms with van der Waals surface area (Å²) in [5.41, 5.74) is 0.489. The lowest BCUT2D eigenvalue weighted by atomic mass is 10.0. The number of rotatable bonds is 1. The molecule has 2 atom stereocenters. The first-order valence-electron chi connectivity index (χ1n) is 4.85. The Hall–Kier alpha value is -0.910. The standard InChI is InChI=1S/C10H13NO3S/c1-2-8-10(12)7-5-3-4-6-9(7)15(13,14)11-8/h3-6,8,10-12H,2H2,1H3/t8-,10+/m1/s1. The highest BCUT2D eigenvalue weighted by Gasteiger charge is 2.34. The second-order valence-corrected chi connectivity index (χ2v) is 5.30. The normalized spacial score (nSPS) is 28.4. The zero-order valence-electron chi connectivity index (χ0n) is 8.34. The lowest BCUT2D eigenvalue weighted by molar-refractivity contribution is 0.130. The van der Waals surface area contributed by atoms with Crippen molar-refractivity contribution < 1.29 is 13.5 Å². The number of benzene rings is 1. The van der Waals surface area contributed by atoms with E-state index in [1.54, 1.807) is 18.2 Å². The minimum atomic E-state index is -3.45. The van der Waals surface area contributed by atoms with Crippen molar-refractivity contribution in [3.8, 4) is 0 Å². The van der Waals surface area contributed by atoms with Crippen LogP contribution in [0.2, 0.25) is 0 Å². The van der Waals surface area contributed by atoms with Crippen molar-refractivity contribution in [1.29, 1.82) is 0 Å². The molecule has 2 rings (SSSR count). The van der Waals surface area contributed by atoms with Gasteiger partial charge in [-0.15, -0.1) is 0 Å². The molecule has 2 N–H and O–H groups in total. The van der Waals surface area contributed by atoms with Gasteiger partial charge in [-0.3, -0.25) is 0 Å². The van der Waals surface area contributed by atoms with Crippen LogP contribution in [0.3, 0.4) is 0 Å². The van der Waals surface area contributed by atoms with Crippen molar-refractivity contribution in [1.82, 2.24) is 4.72 Å². The topological polar surface area (TPSA) is 66.4 Å². The van der Waals surface area contributed by atoms with Crippen LogP contribution in [0, 0.1) is 0 Å². The molecule has 0 bridgehead atoms. The van der Waals surface area contributed by atoms with Crippen molar-refractivity contribution in [3.63, 3.8) is 0 Å². The van der Waals surface area contributed by atoms with E-state index in [1.807, 2.05) is 6.92 Å². The first-order valence-corrected chi connectivity index (χ1v) is 6.34. The highest BCUT2D eigenvalue weighted by atomic mass is 32.2. The summed E-state index contributed by atoms with van der Waals surface area (Å²) in [6.07, 6.45) is -0.191. The van der Waals surface area contributed by atoms with E-state index in [0.29, 0.717) is 12.0 Å². The Morgan fingerprint density at radius 1 is 1.40 bits per heavy atom. The third-order valence-electron chi connectivity index (χ3n) is 2.65. The van der Waals surface area contributed by atoms with Gasteiger partial charge in [0.25, 0.3) is 0 Å². The molecule has 1 aliphatic heterocycles. The number of hydrogen-bond donors (Lipinski definition) is 2. The van der Waals surface area contributed by atoms with Crippen LogP contribution < -0.4 is 4.72 Å². The zero-order chi connectivity index (χ0) is 11.1. The van der Waals surface area contributed by atoms with Crippen LogP contribution in [0.4, 0.5) is 0 Å². The van der Waals surface area contributed by atoms with Crippen molar-refractivity contribution in [3.05, 3.63) is 29.8 Å². The van der Waals surface area contributed by atoms with Gasteiger partial charge in [-0.25, -0.2) is 13.1 Å². The van der Waals surface area contributed by atoms with Gasteiger partial charge in [0.05, 0.1) is 17.0 Å². The highest BCUT2D eigenvalue weighted by Crippen LogP contribution is 2.30. The lowest BCUT2D eigenvalue weighted by Gasteiger charge is -2.29. The van der Waals surface area contributed by atoms with Crippen molar-refractivity contribution in [2.75, 3.05) is 0 Å². The fraction of sp³-hybridized carbons (Fsp3) is 0.400. The second kappa shape index (κ2) is 3.59. The molecule has 0 saturated heterocycles. The highest BCUT2D eigenvalue weighted by molar-refractivity contribution is 7.89. The summed E-state index contributed by atoms with van der Waals surface area (Å²) in [6, 6.07) is 6.12. The number of hydrogen-bond acceptors (Lipinski definition) is 3. The third-order valence-corrected chi connectivity index (χ3v) is 4.22. The van der Waals surface area contributed by atoms with Gasteiger partial charge >= 0.3 is 0 Å². The Morgan fingerprint density at radius 3 is 2.73 bits per heavy atom. The molecule has 1 aromatic rings. The summed E-state index contributed by atoms with van der Waals surface area (Å²) in [5.74, 6) is 0. The molecule has 0 aliphatic carbocycles. The van der Waals surface area contributed by atoms with E-state index in [1.165, 1.54) is 6.07 Å². The fourth-order valence-corrected chi connectivity index (χ4v) is 3.40. The summed E-state index contributed by atoms with van der Waals surface area (Å²) < 4.78 is 26.0. The van der Waals surface area contributed by atoms with E-state index in [2.05, 4.69) is 4.72 Å². The summed E-state index contributed by atoms with van der Waals surface area (Å²) >= 11 is 0. The van der Waals surface area contributed by atoms with E-state index < -0.39 is 22.2 Å². The quantitative estimate of drug-likeness (QED) is 0.745. The number of fused-ring (bicyclic) bond motifs is 1. The van der Waals surface area contributed by atoms with Crippen LogP contribution in [0.5, 0.6) is 0 Å². The first kappa shape index (κ1) is 10.6. The molecule has 1 aliphatic rings. The minimum absolute atomic E-state index is 0.183. The first-order chi connectivity index (χ1) is 7.06. The Bertz CT molecular complexity index is 469. The van der Waals surface area contributed by atoms with Crippen LogP contribution in [-0.2, 0) is 10.0 Å². The number of sulfonamides is 1. The maximum absolute atomic E-state index is 11.8. The van der Waals surface area contributed by atoms with Gasteiger partial charge < -0.3 is 5.11 Å². The largest absolute Gasteiger partial charge is 0.387 e. The minimum Gasteiger partial charge on any atom is -0.387 e. The summed E-state index contributed by atoms with van der Waals surface area (Å²) in [5, 5.41) is 9.93. The van der Waals surface area contributed by atoms with E-state index in [0.717, 1.165) is 0 Å². The van der Waals surface area contributed by atoms with Crippen LogP contribution in [-0.4, -0.2) is 19.6 Å². The van der Waals surface area contributed by atoms with Gasteiger partial charge in [0.15, 0.2) is 0 Å². The van der Waals surface area contributed by atoms with E-state index in [9.17, 15) is 13.5 Å². The van der Waals surface area contributed by atoms with E-state index in [-0.39, 0.29) is 4.90 Å². The van der Waals surface area contributed by atoms with Crippen LogP contribution in [0.1, 0.15) is 25.0 Å². The molecular weight excluding hydrogens is 214 g/mol. The third kappa shape index (κ3) is 1.67. The van der Waals surface area contributed by atoms with Crippen molar-refractivity contribution in [2.45, 2.75) is 30.4 Å². The number of aliphatic hydroxyl groups excluding tert-OH is 1. The number of aliphatic hydroxyl groups is 1. The van der Waals surface area contributed by atoms with Gasteiger partial charge in [-0.05, 0) is 12.5 Å². The van der Waals surface area contributed by atoms with E-state index >= 15 is 0 Å². The predicted octanol–water partition coefficient (Wildman–Crippen LogP) is 0.790. The molecule has 82 valence electrons. The van der Waals surface area contributed by atoms with Crippen LogP contribution in [0.25, 0.3) is 0 Å². The Morgan fingerprint density at radius 2 is 2.07 bits per heavy atom.